The maximum Gasteiger partial charge on any atom is 0.254 e. The van der Waals surface area contributed by atoms with Crippen molar-refractivity contribution in [3.05, 3.63) is 45.9 Å². The molecular weight excluding hydrogens is 226 g/mol. The number of carbonyl (C=O) groups is 1. The van der Waals surface area contributed by atoms with Crippen molar-refractivity contribution in [1.29, 1.82) is 0 Å². The number of rotatable bonds is 4. The van der Waals surface area contributed by atoms with Gasteiger partial charge in [0.05, 0.1) is 0 Å². The third-order valence-electron chi connectivity index (χ3n) is 3.00. The molecule has 0 unspecified atom stereocenters. The van der Waals surface area contributed by atoms with Crippen molar-refractivity contribution < 1.29 is 4.79 Å². The van der Waals surface area contributed by atoms with Gasteiger partial charge in [0.2, 0.25) is 0 Å². The van der Waals surface area contributed by atoms with Crippen LogP contribution in [0.4, 0.5) is 0 Å². The average molecular weight is 247 g/mol. The van der Waals surface area contributed by atoms with E-state index in [9.17, 15) is 9.59 Å². The molecule has 3 heteroatoms. The van der Waals surface area contributed by atoms with Crippen LogP contribution in [0.5, 0.6) is 0 Å². The molecule has 0 saturated heterocycles. The van der Waals surface area contributed by atoms with Crippen molar-refractivity contribution in [2.45, 2.75) is 46.5 Å². The Kier molecular flexibility index (Phi) is 4.65. The second kappa shape index (κ2) is 5.80. The topological polar surface area (TPSA) is 39.1 Å². The molecule has 98 valence electrons. The summed E-state index contributed by atoms with van der Waals surface area (Å²) in [6.45, 7) is 11.3. The standard InChI is InChI=1S/C15H21NO2/c1-6-8-12-15(10(3)4)13(17)9-11(5)16(12)14(18)7-2/h7,9-10H,2,6,8H2,1,3-5H3. The van der Waals surface area contributed by atoms with Crippen LogP contribution in [0.2, 0.25) is 0 Å². The molecule has 1 aromatic heterocycles. The first-order valence-corrected chi connectivity index (χ1v) is 6.36. The summed E-state index contributed by atoms with van der Waals surface area (Å²) in [5.74, 6) is -0.0543. The molecule has 0 saturated carbocycles. The number of aryl methyl sites for hydroxylation is 1. The Labute approximate surface area is 108 Å². The smallest absolute Gasteiger partial charge is 0.254 e. The van der Waals surface area contributed by atoms with E-state index in [-0.39, 0.29) is 17.3 Å². The van der Waals surface area contributed by atoms with Gasteiger partial charge in [-0.05, 0) is 25.3 Å². The van der Waals surface area contributed by atoms with Crippen molar-refractivity contribution >= 4 is 5.91 Å². The number of carbonyl (C=O) groups excluding carboxylic acids is 1. The highest BCUT2D eigenvalue weighted by Gasteiger charge is 2.18. The Bertz CT molecular complexity index is 524. The van der Waals surface area contributed by atoms with Gasteiger partial charge in [0.1, 0.15) is 0 Å². The monoisotopic (exact) mass is 247 g/mol. The zero-order valence-corrected chi connectivity index (χ0v) is 11.6. The fourth-order valence-electron chi connectivity index (χ4n) is 2.31. The van der Waals surface area contributed by atoms with Crippen molar-refractivity contribution in [3.63, 3.8) is 0 Å². The van der Waals surface area contributed by atoms with E-state index in [2.05, 4.69) is 6.58 Å². The number of hydrogen-bond donors (Lipinski definition) is 0. The predicted molar refractivity (Wildman–Crippen MR) is 74.3 cm³/mol. The minimum absolute atomic E-state index is 0.0269. The maximum atomic E-state index is 12.1. The van der Waals surface area contributed by atoms with Crippen LogP contribution in [0, 0.1) is 6.92 Å². The average Bonchev–Trinajstić information content (AvgIpc) is 2.27. The molecule has 0 aromatic carbocycles. The van der Waals surface area contributed by atoms with Gasteiger partial charge >= 0.3 is 0 Å². The Morgan fingerprint density at radius 2 is 2.11 bits per heavy atom. The Morgan fingerprint density at radius 1 is 1.50 bits per heavy atom. The van der Waals surface area contributed by atoms with E-state index in [0.29, 0.717) is 5.69 Å². The van der Waals surface area contributed by atoms with Gasteiger partial charge in [0.25, 0.3) is 5.91 Å². The van der Waals surface area contributed by atoms with Crippen molar-refractivity contribution in [3.8, 4) is 0 Å². The summed E-state index contributed by atoms with van der Waals surface area (Å²) < 4.78 is 1.62. The maximum absolute atomic E-state index is 12.1. The lowest BCUT2D eigenvalue weighted by atomic mass is 9.97. The van der Waals surface area contributed by atoms with E-state index in [4.69, 9.17) is 0 Å². The molecule has 0 atom stereocenters. The van der Waals surface area contributed by atoms with Gasteiger partial charge in [-0.25, -0.2) is 0 Å². The second-order valence-electron chi connectivity index (χ2n) is 4.79. The quantitative estimate of drug-likeness (QED) is 0.767. The van der Waals surface area contributed by atoms with E-state index >= 15 is 0 Å². The van der Waals surface area contributed by atoms with Gasteiger partial charge in [-0.1, -0.05) is 33.8 Å². The Morgan fingerprint density at radius 3 is 2.56 bits per heavy atom. The summed E-state index contributed by atoms with van der Waals surface area (Å²) in [4.78, 5) is 24.0. The molecule has 1 heterocycles. The van der Waals surface area contributed by atoms with Crippen LogP contribution in [0.3, 0.4) is 0 Å². The van der Waals surface area contributed by atoms with E-state index in [1.54, 1.807) is 11.5 Å². The van der Waals surface area contributed by atoms with Crippen LogP contribution < -0.4 is 5.43 Å². The molecule has 3 nitrogen and oxygen atoms in total. The third kappa shape index (κ3) is 2.61. The van der Waals surface area contributed by atoms with E-state index in [1.807, 2.05) is 20.8 Å². The lowest BCUT2D eigenvalue weighted by Gasteiger charge is -2.19. The molecule has 0 N–H and O–H groups in total. The van der Waals surface area contributed by atoms with Gasteiger partial charge in [0, 0.05) is 23.0 Å². The van der Waals surface area contributed by atoms with Crippen LogP contribution in [0.15, 0.2) is 23.5 Å². The third-order valence-corrected chi connectivity index (χ3v) is 3.00. The molecule has 0 aliphatic rings. The molecule has 1 rings (SSSR count). The van der Waals surface area contributed by atoms with Gasteiger partial charge in [0.15, 0.2) is 5.43 Å². The summed E-state index contributed by atoms with van der Waals surface area (Å²) >= 11 is 0. The van der Waals surface area contributed by atoms with E-state index in [0.717, 1.165) is 24.1 Å². The molecule has 18 heavy (non-hydrogen) atoms. The minimum atomic E-state index is -0.169. The first-order valence-electron chi connectivity index (χ1n) is 6.36. The summed E-state index contributed by atoms with van der Waals surface area (Å²) in [6, 6.07) is 1.54. The molecule has 1 aromatic rings. The number of nitrogens with zero attached hydrogens (tertiary/aromatic N) is 1. The van der Waals surface area contributed by atoms with Crippen LogP contribution in [0.25, 0.3) is 0 Å². The normalized spacial score (nSPS) is 10.7. The number of hydrogen-bond acceptors (Lipinski definition) is 2. The van der Waals surface area contributed by atoms with E-state index in [1.165, 1.54) is 12.1 Å². The molecule has 0 amide bonds. The van der Waals surface area contributed by atoms with Crippen LogP contribution in [-0.2, 0) is 6.42 Å². The van der Waals surface area contributed by atoms with Crippen molar-refractivity contribution in [1.82, 2.24) is 4.57 Å². The lowest BCUT2D eigenvalue weighted by molar-refractivity contribution is 0.0962. The Hall–Kier alpha value is -1.64. The number of pyridine rings is 1. The fourth-order valence-corrected chi connectivity index (χ4v) is 2.31. The predicted octanol–water partition coefficient (Wildman–Crippen LogP) is 3.06. The van der Waals surface area contributed by atoms with Crippen molar-refractivity contribution in [2.75, 3.05) is 0 Å². The number of allylic oxidation sites excluding steroid dienone is 1. The largest absolute Gasteiger partial charge is 0.290 e. The lowest BCUT2D eigenvalue weighted by Crippen LogP contribution is -2.25. The zero-order chi connectivity index (χ0) is 13.9. The molecular formula is C15H21NO2. The molecule has 0 radical (unpaired) electrons. The first-order chi connectivity index (χ1) is 8.43. The summed E-state index contributed by atoms with van der Waals surface area (Å²) in [5, 5.41) is 0. The van der Waals surface area contributed by atoms with Gasteiger partial charge < -0.3 is 0 Å². The van der Waals surface area contributed by atoms with Crippen LogP contribution in [-0.4, -0.2) is 10.5 Å². The molecule has 0 spiro atoms. The first kappa shape index (κ1) is 14.4. The molecule has 0 fully saturated rings. The van der Waals surface area contributed by atoms with E-state index < -0.39 is 0 Å². The minimum Gasteiger partial charge on any atom is -0.290 e. The van der Waals surface area contributed by atoms with Crippen LogP contribution >= 0.6 is 0 Å². The van der Waals surface area contributed by atoms with Gasteiger partial charge in [-0.3, -0.25) is 14.2 Å². The molecule has 0 aliphatic heterocycles. The van der Waals surface area contributed by atoms with Crippen molar-refractivity contribution in [2.24, 2.45) is 0 Å². The summed E-state index contributed by atoms with van der Waals surface area (Å²) in [5.41, 5.74) is 2.29. The molecule has 0 bridgehead atoms. The van der Waals surface area contributed by atoms with Crippen LogP contribution in [0.1, 0.15) is 54.9 Å². The molecule has 0 aliphatic carbocycles. The van der Waals surface area contributed by atoms with Gasteiger partial charge in [-0.2, -0.15) is 0 Å². The highest BCUT2D eigenvalue weighted by Crippen LogP contribution is 2.19. The van der Waals surface area contributed by atoms with Gasteiger partial charge in [-0.15, -0.1) is 0 Å². The highest BCUT2D eigenvalue weighted by molar-refractivity contribution is 5.90. The highest BCUT2D eigenvalue weighted by atomic mass is 16.2. The fraction of sp³-hybridized carbons (Fsp3) is 0.467. The SMILES string of the molecule is C=CC(=O)n1c(C)cc(=O)c(C(C)C)c1CCC. The second-order valence-corrected chi connectivity index (χ2v) is 4.79. The number of aromatic nitrogens is 1. The summed E-state index contributed by atoms with van der Waals surface area (Å²) in [7, 11) is 0. The summed E-state index contributed by atoms with van der Waals surface area (Å²) in [6.07, 6.45) is 2.91. The Balaban J connectivity index is 3.68. The zero-order valence-electron chi connectivity index (χ0n) is 11.6.